The number of hydrogen-bond donors (Lipinski definition) is 4. The number of carbonyl (C=O) groups is 1. The Labute approximate surface area is 213 Å². The molecule has 4 rings (SSSR count). The molecule has 0 spiro atoms. The average molecular weight is 477 g/mol. The second-order valence-electron chi connectivity index (χ2n) is 9.54. The molecular formula is C26H41B2N5O2. The van der Waals surface area contributed by atoms with E-state index in [2.05, 4.69) is 10.2 Å². The lowest BCUT2D eigenvalue weighted by Gasteiger charge is -2.45. The van der Waals surface area contributed by atoms with Crippen LogP contribution in [-0.4, -0.2) is 65.2 Å². The fraction of sp³-hybridized carbons (Fsp3) is 0.577. The second-order valence-corrected chi connectivity index (χ2v) is 9.54. The zero-order valence-electron chi connectivity index (χ0n) is 20.2. The summed E-state index contributed by atoms with van der Waals surface area (Å²) in [6.07, 6.45) is 9.24. The Kier molecular flexibility index (Phi) is 10.8. The van der Waals surface area contributed by atoms with Gasteiger partial charge in [0.25, 0.3) is 5.91 Å². The third kappa shape index (κ3) is 7.31. The minimum Gasteiger partial charge on any atom is -0.398 e. The van der Waals surface area contributed by atoms with Crippen molar-refractivity contribution in [1.29, 1.82) is 0 Å². The Morgan fingerprint density at radius 1 is 1.03 bits per heavy atom. The third-order valence-corrected chi connectivity index (χ3v) is 7.31. The van der Waals surface area contributed by atoms with Crippen molar-refractivity contribution in [2.75, 3.05) is 33.4 Å². The summed E-state index contributed by atoms with van der Waals surface area (Å²) in [5.41, 5.74) is 18.0. The zero-order chi connectivity index (χ0) is 24.7. The number of ether oxygens (including phenoxy) is 1. The van der Waals surface area contributed by atoms with Crippen LogP contribution in [0.1, 0.15) is 55.5 Å². The van der Waals surface area contributed by atoms with Crippen molar-refractivity contribution in [3.63, 3.8) is 0 Å². The van der Waals surface area contributed by atoms with Gasteiger partial charge in [0.15, 0.2) is 0 Å². The van der Waals surface area contributed by atoms with Crippen molar-refractivity contribution in [1.82, 2.24) is 10.2 Å². The Morgan fingerprint density at radius 3 is 2.14 bits per heavy atom. The largest absolute Gasteiger partial charge is 0.398 e. The van der Waals surface area contributed by atoms with E-state index in [4.69, 9.17) is 37.6 Å². The van der Waals surface area contributed by atoms with Gasteiger partial charge in [0, 0.05) is 50.2 Å². The lowest BCUT2D eigenvalue weighted by Crippen LogP contribution is -2.55. The van der Waals surface area contributed by atoms with Gasteiger partial charge < -0.3 is 32.2 Å². The van der Waals surface area contributed by atoms with E-state index in [0.29, 0.717) is 22.7 Å². The highest BCUT2D eigenvalue weighted by atomic mass is 16.5. The van der Waals surface area contributed by atoms with Crippen LogP contribution in [0, 0.1) is 17.8 Å². The quantitative estimate of drug-likeness (QED) is 0.380. The number of fused-ring (bicyclic) bond motifs is 1. The summed E-state index contributed by atoms with van der Waals surface area (Å²) in [7, 11) is 14.5. The molecule has 3 fully saturated rings. The van der Waals surface area contributed by atoms with E-state index in [0.717, 1.165) is 51.0 Å². The van der Waals surface area contributed by atoms with Crippen LogP contribution in [0.5, 0.6) is 0 Å². The normalized spacial score (nSPS) is 22.8. The van der Waals surface area contributed by atoms with Crippen LogP contribution in [-0.2, 0) is 4.74 Å². The summed E-state index contributed by atoms with van der Waals surface area (Å²) in [5, 5.41) is 1.95. The molecule has 1 saturated carbocycles. The summed E-state index contributed by atoms with van der Waals surface area (Å²) in [6, 6.07) is 7.04. The lowest BCUT2D eigenvalue weighted by molar-refractivity contribution is 0.0375. The summed E-state index contributed by atoms with van der Waals surface area (Å²) in [5.74, 6) is 2.09. The van der Waals surface area contributed by atoms with Crippen molar-refractivity contribution in [2.45, 2.75) is 44.9 Å². The van der Waals surface area contributed by atoms with E-state index in [1.165, 1.54) is 25.3 Å². The van der Waals surface area contributed by atoms with Gasteiger partial charge >= 0.3 is 0 Å². The van der Waals surface area contributed by atoms with Crippen LogP contribution < -0.4 is 22.5 Å². The second kappa shape index (κ2) is 13.1. The van der Waals surface area contributed by atoms with E-state index in [1.54, 1.807) is 37.4 Å². The van der Waals surface area contributed by atoms with E-state index < -0.39 is 5.34 Å². The standard InChI is InChI=1S/C13H21B2NO.C12H16N4O.CH4/c14-13(15,12-4-6-17-7-5-12)16-8-10-2-1-3-11(10)9-16;1-16-12(17)9-5-3-2-4-8(9)10(13)6-7-11(14)15;/h10-12H,1-9H2;2-7H,13-15H2,1H3,(H,16,17);1H4/b;10-6-;. The van der Waals surface area contributed by atoms with E-state index in [9.17, 15) is 4.79 Å². The van der Waals surface area contributed by atoms with Gasteiger partial charge in [0.2, 0.25) is 0 Å². The van der Waals surface area contributed by atoms with Gasteiger partial charge in [-0.2, -0.15) is 0 Å². The first-order valence-electron chi connectivity index (χ1n) is 12.1. The monoisotopic (exact) mass is 477 g/mol. The molecule has 188 valence electrons. The number of nitrogens with two attached hydrogens (primary N) is 3. The SMILES string of the molecule is C.CNC(=O)c1ccccc1/C(N)=C/C=C(N)N.[B]C([B])(C1CCOCC1)N1CC2CCCC2C1. The molecule has 2 unspecified atom stereocenters. The number of nitrogens with one attached hydrogen (secondary N) is 1. The number of benzene rings is 1. The van der Waals surface area contributed by atoms with Crippen LogP contribution in [0.25, 0.3) is 5.70 Å². The van der Waals surface area contributed by atoms with Gasteiger partial charge in [-0.05, 0) is 61.7 Å². The van der Waals surface area contributed by atoms with Crippen molar-refractivity contribution < 1.29 is 9.53 Å². The fourth-order valence-corrected chi connectivity index (χ4v) is 5.31. The summed E-state index contributed by atoms with van der Waals surface area (Å²) in [4.78, 5) is 14.0. The summed E-state index contributed by atoms with van der Waals surface area (Å²) < 4.78 is 5.40. The van der Waals surface area contributed by atoms with Crippen LogP contribution in [0.2, 0.25) is 0 Å². The van der Waals surface area contributed by atoms with Gasteiger partial charge in [-0.15, -0.1) is 0 Å². The molecule has 1 aromatic carbocycles. The topological polar surface area (TPSA) is 120 Å². The van der Waals surface area contributed by atoms with E-state index in [-0.39, 0.29) is 19.2 Å². The van der Waals surface area contributed by atoms with E-state index in [1.807, 2.05) is 0 Å². The smallest absolute Gasteiger partial charge is 0.251 e. The molecule has 1 amide bonds. The number of allylic oxidation sites excluding steroid dienone is 2. The minimum atomic E-state index is -0.603. The minimum absolute atomic E-state index is 0. The number of amides is 1. The predicted molar refractivity (Wildman–Crippen MR) is 145 cm³/mol. The highest BCUT2D eigenvalue weighted by Crippen LogP contribution is 2.41. The van der Waals surface area contributed by atoms with Crippen molar-refractivity contribution in [3.8, 4) is 0 Å². The molecule has 4 radical (unpaired) electrons. The fourth-order valence-electron chi connectivity index (χ4n) is 5.31. The van der Waals surface area contributed by atoms with E-state index >= 15 is 0 Å². The van der Waals surface area contributed by atoms with Gasteiger partial charge in [0.1, 0.15) is 0 Å². The summed E-state index contributed by atoms with van der Waals surface area (Å²) in [6.45, 7) is 3.88. The maximum atomic E-state index is 11.6. The highest BCUT2D eigenvalue weighted by Gasteiger charge is 2.43. The van der Waals surface area contributed by atoms with Crippen LogP contribution in [0.4, 0.5) is 0 Å². The molecule has 0 aromatic heterocycles. The first-order chi connectivity index (χ1) is 16.2. The third-order valence-electron chi connectivity index (χ3n) is 7.31. The molecule has 1 aliphatic carbocycles. The molecule has 7 N–H and O–H groups in total. The highest BCUT2D eigenvalue weighted by molar-refractivity contribution is 6.40. The average Bonchev–Trinajstić information content (AvgIpc) is 3.46. The number of rotatable bonds is 5. The number of carbonyl (C=O) groups excluding carboxylic acids is 1. The van der Waals surface area contributed by atoms with Crippen LogP contribution >= 0.6 is 0 Å². The molecule has 2 atom stereocenters. The molecule has 3 aliphatic rings. The molecule has 9 heteroatoms. The molecule has 2 aliphatic heterocycles. The molecular weight excluding hydrogens is 436 g/mol. The molecule has 0 bridgehead atoms. The molecule has 2 heterocycles. The van der Waals surface area contributed by atoms with Crippen molar-refractivity contribution >= 4 is 27.3 Å². The first kappa shape index (κ1) is 28.9. The Balaban J connectivity index is 0.000000240. The molecule has 35 heavy (non-hydrogen) atoms. The maximum Gasteiger partial charge on any atom is 0.251 e. The molecule has 2 saturated heterocycles. The molecule has 7 nitrogen and oxygen atoms in total. The van der Waals surface area contributed by atoms with Gasteiger partial charge in [-0.3, -0.25) is 4.79 Å². The van der Waals surface area contributed by atoms with Crippen LogP contribution in [0.3, 0.4) is 0 Å². The maximum absolute atomic E-state index is 11.6. The molecule has 1 aromatic rings. The number of nitrogens with zero attached hydrogens (tertiary/aromatic N) is 1. The van der Waals surface area contributed by atoms with Gasteiger partial charge in [-0.25, -0.2) is 0 Å². The zero-order valence-corrected chi connectivity index (χ0v) is 20.2. The predicted octanol–water partition coefficient (Wildman–Crippen LogP) is 1.88. The lowest BCUT2D eigenvalue weighted by atomic mass is 9.52. The number of hydrogen-bond acceptors (Lipinski definition) is 6. The Bertz CT molecular complexity index is 883. The van der Waals surface area contributed by atoms with Gasteiger partial charge in [-0.1, -0.05) is 37.4 Å². The Morgan fingerprint density at radius 2 is 1.60 bits per heavy atom. The van der Waals surface area contributed by atoms with Crippen molar-refractivity contribution in [3.05, 3.63) is 53.4 Å². The van der Waals surface area contributed by atoms with Gasteiger partial charge in [0.05, 0.1) is 21.5 Å². The first-order valence-corrected chi connectivity index (χ1v) is 12.1. The van der Waals surface area contributed by atoms with Crippen LogP contribution in [0.15, 0.2) is 42.2 Å². The van der Waals surface area contributed by atoms with Crippen molar-refractivity contribution in [2.24, 2.45) is 35.0 Å². The Hall–Kier alpha value is -2.38. The number of likely N-dealkylation sites (tertiary alicyclic amines) is 1. The summed E-state index contributed by atoms with van der Waals surface area (Å²) >= 11 is 0.